The van der Waals surface area contributed by atoms with Gasteiger partial charge in [0.05, 0.1) is 11.4 Å². The average Bonchev–Trinajstić information content (AvgIpc) is 3.30. The first kappa shape index (κ1) is 18.4. The lowest BCUT2D eigenvalue weighted by atomic mass is 9.94. The summed E-state index contributed by atoms with van der Waals surface area (Å²) in [4.78, 5) is 15.0. The van der Waals surface area contributed by atoms with E-state index in [0.29, 0.717) is 12.1 Å². The summed E-state index contributed by atoms with van der Waals surface area (Å²) >= 11 is 0. The van der Waals surface area contributed by atoms with Crippen LogP contribution in [0.4, 0.5) is 0 Å². The van der Waals surface area contributed by atoms with Crippen molar-refractivity contribution in [1.29, 1.82) is 0 Å². The van der Waals surface area contributed by atoms with E-state index in [2.05, 4.69) is 53.7 Å². The third-order valence-electron chi connectivity index (χ3n) is 5.80. The summed E-state index contributed by atoms with van der Waals surface area (Å²) in [5.74, 6) is -0.0413. The Kier molecular flexibility index (Phi) is 4.77. The molecule has 0 radical (unpaired) electrons. The first-order valence-corrected chi connectivity index (χ1v) is 9.62. The van der Waals surface area contributed by atoms with Crippen molar-refractivity contribution < 1.29 is 4.79 Å². The van der Waals surface area contributed by atoms with Crippen LogP contribution in [0.3, 0.4) is 0 Å². The van der Waals surface area contributed by atoms with E-state index in [-0.39, 0.29) is 11.4 Å². The van der Waals surface area contributed by atoms with E-state index in [1.165, 1.54) is 11.1 Å². The molecule has 5 nitrogen and oxygen atoms in total. The fraction of sp³-hybridized carbons (Fsp3) is 0.304. The Morgan fingerprint density at radius 1 is 1.07 bits per heavy atom. The van der Waals surface area contributed by atoms with Crippen LogP contribution in [0, 0.1) is 6.92 Å². The van der Waals surface area contributed by atoms with Gasteiger partial charge in [-0.25, -0.2) is 4.68 Å². The molecule has 0 aliphatic heterocycles. The van der Waals surface area contributed by atoms with Crippen LogP contribution in [0.2, 0.25) is 0 Å². The van der Waals surface area contributed by atoms with Crippen molar-refractivity contribution in [3.63, 3.8) is 0 Å². The van der Waals surface area contributed by atoms with Gasteiger partial charge in [-0.05, 0) is 75.3 Å². The SMILES string of the molecule is Cc1ccn(-c2ccc(C(=O)NCC3(N(C)C)Cc4ccccc4C3)cc2)n1. The van der Waals surface area contributed by atoms with E-state index in [1.54, 1.807) is 0 Å². The van der Waals surface area contributed by atoms with Gasteiger partial charge in [0, 0.05) is 23.8 Å². The van der Waals surface area contributed by atoms with Crippen LogP contribution in [0.15, 0.2) is 60.8 Å². The molecule has 0 saturated carbocycles. The van der Waals surface area contributed by atoms with Gasteiger partial charge in [0.1, 0.15) is 0 Å². The summed E-state index contributed by atoms with van der Waals surface area (Å²) in [6, 6.07) is 18.1. The zero-order valence-corrected chi connectivity index (χ0v) is 16.6. The second kappa shape index (κ2) is 7.24. The number of aromatic nitrogens is 2. The molecule has 0 spiro atoms. The highest BCUT2D eigenvalue weighted by Crippen LogP contribution is 2.33. The second-order valence-corrected chi connectivity index (χ2v) is 7.87. The lowest BCUT2D eigenvalue weighted by Crippen LogP contribution is -2.53. The summed E-state index contributed by atoms with van der Waals surface area (Å²) in [6.07, 6.45) is 3.82. The molecular weight excluding hydrogens is 348 g/mol. The molecule has 2 aromatic carbocycles. The lowest BCUT2D eigenvalue weighted by molar-refractivity contribution is 0.0903. The summed E-state index contributed by atoms with van der Waals surface area (Å²) < 4.78 is 1.81. The molecule has 28 heavy (non-hydrogen) atoms. The summed E-state index contributed by atoms with van der Waals surface area (Å²) in [5.41, 5.74) is 5.26. The molecule has 4 rings (SSSR count). The van der Waals surface area contributed by atoms with Crippen molar-refractivity contribution in [3.05, 3.63) is 83.2 Å². The molecule has 0 saturated heterocycles. The van der Waals surface area contributed by atoms with Crippen LogP contribution in [-0.2, 0) is 12.8 Å². The van der Waals surface area contributed by atoms with Crippen LogP contribution in [0.25, 0.3) is 5.69 Å². The van der Waals surface area contributed by atoms with E-state index in [9.17, 15) is 4.79 Å². The fourth-order valence-electron chi connectivity index (χ4n) is 3.94. The zero-order chi connectivity index (χ0) is 19.7. The topological polar surface area (TPSA) is 50.2 Å². The Labute approximate surface area is 166 Å². The van der Waals surface area contributed by atoms with Crippen LogP contribution < -0.4 is 5.32 Å². The number of amides is 1. The van der Waals surface area contributed by atoms with Crippen molar-refractivity contribution >= 4 is 5.91 Å². The third-order valence-corrected chi connectivity index (χ3v) is 5.80. The number of nitrogens with one attached hydrogen (secondary N) is 1. The highest BCUT2D eigenvalue weighted by Gasteiger charge is 2.39. The lowest BCUT2D eigenvalue weighted by Gasteiger charge is -2.36. The van der Waals surface area contributed by atoms with Gasteiger partial charge in [-0.2, -0.15) is 5.10 Å². The first-order chi connectivity index (χ1) is 13.5. The number of aryl methyl sites for hydroxylation is 1. The number of rotatable bonds is 5. The molecule has 144 valence electrons. The summed E-state index contributed by atoms with van der Waals surface area (Å²) in [6.45, 7) is 2.58. The Morgan fingerprint density at radius 3 is 2.25 bits per heavy atom. The summed E-state index contributed by atoms with van der Waals surface area (Å²) in [7, 11) is 4.19. The molecule has 5 heteroatoms. The Morgan fingerprint density at radius 2 is 1.71 bits per heavy atom. The van der Waals surface area contributed by atoms with E-state index in [0.717, 1.165) is 24.2 Å². The van der Waals surface area contributed by atoms with Gasteiger partial charge < -0.3 is 10.2 Å². The molecule has 1 aliphatic carbocycles. The smallest absolute Gasteiger partial charge is 0.251 e. The minimum atomic E-state index is -0.0775. The van der Waals surface area contributed by atoms with Gasteiger partial charge in [-0.1, -0.05) is 24.3 Å². The second-order valence-electron chi connectivity index (χ2n) is 7.87. The zero-order valence-electron chi connectivity index (χ0n) is 16.6. The molecule has 1 N–H and O–H groups in total. The summed E-state index contributed by atoms with van der Waals surface area (Å²) in [5, 5.41) is 7.56. The van der Waals surface area contributed by atoms with Crippen molar-refractivity contribution in [2.45, 2.75) is 25.3 Å². The Hall–Kier alpha value is -2.92. The highest BCUT2D eigenvalue weighted by atomic mass is 16.1. The largest absolute Gasteiger partial charge is 0.350 e. The van der Waals surface area contributed by atoms with Crippen molar-refractivity contribution in [3.8, 4) is 5.69 Å². The van der Waals surface area contributed by atoms with Crippen LogP contribution in [0.5, 0.6) is 0 Å². The molecule has 0 atom stereocenters. The highest BCUT2D eigenvalue weighted by molar-refractivity contribution is 5.94. The van der Waals surface area contributed by atoms with Gasteiger partial charge >= 0.3 is 0 Å². The van der Waals surface area contributed by atoms with Crippen LogP contribution in [0.1, 0.15) is 27.2 Å². The number of likely N-dealkylation sites (N-methyl/N-ethyl adjacent to an activating group) is 1. The third kappa shape index (κ3) is 3.45. The quantitative estimate of drug-likeness (QED) is 0.747. The number of fused-ring (bicyclic) bond motifs is 1. The minimum absolute atomic E-state index is 0.0413. The van der Waals surface area contributed by atoms with Crippen molar-refractivity contribution in [2.24, 2.45) is 0 Å². The molecule has 0 unspecified atom stereocenters. The molecule has 0 fully saturated rings. The minimum Gasteiger partial charge on any atom is -0.350 e. The maximum Gasteiger partial charge on any atom is 0.251 e. The number of carbonyl (C=O) groups is 1. The number of nitrogens with zero attached hydrogens (tertiary/aromatic N) is 3. The molecule has 3 aromatic rings. The average molecular weight is 374 g/mol. The Bertz CT molecular complexity index is 963. The van der Waals surface area contributed by atoms with Crippen LogP contribution in [-0.4, -0.2) is 46.8 Å². The van der Waals surface area contributed by atoms with Gasteiger partial charge in [0.25, 0.3) is 5.91 Å². The number of hydrogen-bond donors (Lipinski definition) is 1. The molecule has 1 amide bonds. The molecule has 0 bridgehead atoms. The monoisotopic (exact) mass is 374 g/mol. The standard InChI is InChI=1S/C23H26N4O/c1-17-12-13-27(25-17)21-10-8-18(9-11-21)22(28)24-16-23(26(2)3)14-19-6-4-5-7-20(19)15-23/h4-13H,14-16H2,1-3H3,(H,24,28). The number of hydrogen-bond acceptors (Lipinski definition) is 3. The van der Waals surface area contributed by atoms with E-state index >= 15 is 0 Å². The van der Waals surface area contributed by atoms with E-state index in [4.69, 9.17) is 0 Å². The fourth-order valence-corrected chi connectivity index (χ4v) is 3.94. The van der Waals surface area contributed by atoms with Gasteiger partial charge in [0.15, 0.2) is 0 Å². The van der Waals surface area contributed by atoms with Gasteiger partial charge in [-0.3, -0.25) is 4.79 Å². The molecule has 1 heterocycles. The predicted molar refractivity (Wildman–Crippen MR) is 111 cm³/mol. The predicted octanol–water partition coefficient (Wildman–Crippen LogP) is 3.01. The van der Waals surface area contributed by atoms with E-state index in [1.807, 2.05) is 48.1 Å². The first-order valence-electron chi connectivity index (χ1n) is 9.62. The van der Waals surface area contributed by atoms with Crippen molar-refractivity contribution in [1.82, 2.24) is 20.0 Å². The maximum atomic E-state index is 12.7. The van der Waals surface area contributed by atoms with E-state index < -0.39 is 0 Å². The molecule has 1 aliphatic rings. The van der Waals surface area contributed by atoms with Gasteiger partial charge in [0.2, 0.25) is 0 Å². The Balaban J connectivity index is 1.45. The molecule has 1 aromatic heterocycles. The maximum absolute atomic E-state index is 12.7. The number of carbonyl (C=O) groups excluding carboxylic acids is 1. The van der Waals surface area contributed by atoms with Gasteiger partial charge in [-0.15, -0.1) is 0 Å². The van der Waals surface area contributed by atoms with Crippen molar-refractivity contribution in [2.75, 3.05) is 20.6 Å². The number of benzene rings is 2. The molecular formula is C23H26N4O. The van der Waals surface area contributed by atoms with Crippen LogP contribution >= 0.6 is 0 Å². The normalized spacial score (nSPS) is 14.9.